The second kappa shape index (κ2) is 6.75. The van der Waals surface area contributed by atoms with E-state index in [1.807, 2.05) is 6.92 Å². The normalized spacial score (nSPS) is 10.0. The average molecular weight is 238 g/mol. The Labute approximate surface area is 101 Å². The monoisotopic (exact) mass is 238 g/mol. The first kappa shape index (κ1) is 13.3. The van der Waals surface area contributed by atoms with Gasteiger partial charge in [0, 0.05) is 18.4 Å². The summed E-state index contributed by atoms with van der Waals surface area (Å²) in [6.07, 6.45) is 0.887. The van der Waals surface area contributed by atoms with E-state index < -0.39 is 0 Å². The molecule has 0 aromatic heterocycles. The molecule has 1 rings (SSSR count). The van der Waals surface area contributed by atoms with Crippen molar-refractivity contribution >= 4 is 17.3 Å². The number of carbonyl (C=O) groups excluding carboxylic acids is 1. The maximum absolute atomic E-state index is 11.5. The number of amides is 1. The Morgan fingerprint density at radius 3 is 2.88 bits per heavy atom. The quantitative estimate of drug-likeness (QED) is 0.583. The first-order valence-electron chi connectivity index (χ1n) is 5.48. The molecule has 0 atom stereocenters. The number of benzene rings is 1. The third kappa shape index (κ3) is 4.32. The number of methoxy groups -OCH3 is 1. The summed E-state index contributed by atoms with van der Waals surface area (Å²) >= 11 is 0. The summed E-state index contributed by atoms with van der Waals surface area (Å²) < 4.78 is 10.3. The van der Waals surface area contributed by atoms with E-state index in [4.69, 9.17) is 15.2 Å². The Morgan fingerprint density at radius 1 is 1.47 bits per heavy atom. The molecular weight excluding hydrogens is 220 g/mol. The fourth-order valence-corrected chi connectivity index (χ4v) is 1.31. The van der Waals surface area contributed by atoms with Crippen molar-refractivity contribution in [2.24, 2.45) is 0 Å². The van der Waals surface area contributed by atoms with E-state index in [-0.39, 0.29) is 12.5 Å². The SMILES string of the molecule is CCCOCC(=O)Nc1ccc(N)cc1OC. The molecule has 1 amide bonds. The number of nitrogen functional groups attached to an aromatic ring is 1. The van der Waals surface area contributed by atoms with Crippen LogP contribution >= 0.6 is 0 Å². The molecule has 0 aliphatic heterocycles. The predicted molar refractivity (Wildman–Crippen MR) is 67.1 cm³/mol. The van der Waals surface area contributed by atoms with E-state index in [1.54, 1.807) is 18.2 Å². The van der Waals surface area contributed by atoms with Crippen molar-refractivity contribution in [2.75, 3.05) is 31.4 Å². The van der Waals surface area contributed by atoms with Gasteiger partial charge in [-0.05, 0) is 18.6 Å². The third-order valence-electron chi connectivity index (χ3n) is 2.08. The maximum Gasteiger partial charge on any atom is 0.250 e. The van der Waals surface area contributed by atoms with E-state index >= 15 is 0 Å². The summed E-state index contributed by atoms with van der Waals surface area (Å²) in [6, 6.07) is 5.05. The Balaban J connectivity index is 2.58. The zero-order chi connectivity index (χ0) is 12.7. The zero-order valence-corrected chi connectivity index (χ0v) is 10.2. The molecule has 0 heterocycles. The standard InChI is InChI=1S/C12H18N2O3/c1-3-6-17-8-12(15)14-10-5-4-9(13)7-11(10)16-2/h4-5,7H,3,6,8,13H2,1-2H3,(H,14,15). The molecule has 0 aliphatic carbocycles. The van der Waals surface area contributed by atoms with Gasteiger partial charge in [0.25, 0.3) is 0 Å². The molecule has 0 spiro atoms. The van der Waals surface area contributed by atoms with Crippen LogP contribution in [0.4, 0.5) is 11.4 Å². The van der Waals surface area contributed by atoms with Gasteiger partial charge in [0.05, 0.1) is 12.8 Å². The Hall–Kier alpha value is -1.75. The number of nitrogens with one attached hydrogen (secondary N) is 1. The van der Waals surface area contributed by atoms with Crippen LogP contribution in [0, 0.1) is 0 Å². The lowest BCUT2D eigenvalue weighted by molar-refractivity contribution is -0.120. The van der Waals surface area contributed by atoms with E-state index in [0.717, 1.165) is 6.42 Å². The van der Waals surface area contributed by atoms with Crippen molar-refractivity contribution < 1.29 is 14.3 Å². The molecule has 0 saturated heterocycles. The molecule has 3 N–H and O–H groups in total. The highest BCUT2D eigenvalue weighted by Gasteiger charge is 2.07. The Bertz CT molecular complexity index is 380. The number of hydrogen-bond donors (Lipinski definition) is 2. The van der Waals surface area contributed by atoms with Crippen molar-refractivity contribution in [1.82, 2.24) is 0 Å². The highest BCUT2D eigenvalue weighted by atomic mass is 16.5. The van der Waals surface area contributed by atoms with Gasteiger partial charge in [0.2, 0.25) is 5.91 Å². The van der Waals surface area contributed by atoms with Crippen LogP contribution in [0.25, 0.3) is 0 Å². The first-order chi connectivity index (χ1) is 8.17. The highest BCUT2D eigenvalue weighted by molar-refractivity contribution is 5.93. The van der Waals surface area contributed by atoms with E-state index in [0.29, 0.717) is 23.7 Å². The highest BCUT2D eigenvalue weighted by Crippen LogP contribution is 2.26. The maximum atomic E-state index is 11.5. The molecule has 5 nitrogen and oxygen atoms in total. The molecule has 5 heteroatoms. The third-order valence-corrected chi connectivity index (χ3v) is 2.08. The summed E-state index contributed by atoms with van der Waals surface area (Å²) in [5.41, 5.74) is 6.79. The van der Waals surface area contributed by atoms with Gasteiger partial charge in [0.1, 0.15) is 12.4 Å². The summed E-state index contributed by atoms with van der Waals surface area (Å²) in [4.78, 5) is 11.5. The van der Waals surface area contributed by atoms with Crippen molar-refractivity contribution in [2.45, 2.75) is 13.3 Å². The van der Waals surface area contributed by atoms with Crippen LogP contribution in [0.1, 0.15) is 13.3 Å². The Kier molecular flexibility index (Phi) is 5.29. The van der Waals surface area contributed by atoms with Crippen molar-refractivity contribution in [1.29, 1.82) is 0 Å². The Morgan fingerprint density at radius 2 is 2.24 bits per heavy atom. The molecule has 0 aliphatic rings. The average Bonchev–Trinajstić information content (AvgIpc) is 2.32. The van der Waals surface area contributed by atoms with Gasteiger partial charge in [-0.3, -0.25) is 4.79 Å². The minimum Gasteiger partial charge on any atom is -0.494 e. The van der Waals surface area contributed by atoms with Gasteiger partial charge in [-0.15, -0.1) is 0 Å². The molecule has 0 bridgehead atoms. The van der Waals surface area contributed by atoms with E-state index in [1.165, 1.54) is 7.11 Å². The zero-order valence-electron chi connectivity index (χ0n) is 10.2. The number of anilines is 2. The fraction of sp³-hybridized carbons (Fsp3) is 0.417. The smallest absolute Gasteiger partial charge is 0.250 e. The van der Waals surface area contributed by atoms with Gasteiger partial charge in [-0.25, -0.2) is 0 Å². The minimum absolute atomic E-state index is 0.0430. The molecular formula is C12H18N2O3. The molecule has 1 aromatic rings. The number of rotatable bonds is 6. The lowest BCUT2D eigenvalue weighted by Gasteiger charge is -2.10. The molecule has 0 radical (unpaired) electrons. The van der Waals surface area contributed by atoms with Gasteiger partial charge >= 0.3 is 0 Å². The van der Waals surface area contributed by atoms with Gasteiger partial charge in [-0.1, -0.05) is 6.92 Å². The molecule has 1 aromatic carbocycles. The van der Waals surface area contributed by atoms with Crippen LogP contribution in [0.2, 0.25) is 0 Å². The molecule has 0 unspecified atom stereocenters. The first-order valence-corrected chi connectivity index (χ1v) is 5.48. The number of ether oxygens (including phenoxy) is 2. The van der Waals surface area contributed by atoms with Crippen LogP contribution in [0.5, 0.6) is 5.75 Å². The van der Waals surface area contributed by atoms with Crippen LogP contribution in [-0.2, 0) is 9.53 Å². The molecule has 0 fully saturated rings. The van der Waals surface area contributed by atoms with Crippen LogP contribution in [0.3, 0.4) is 0 Å². The van der Waals surface area contributed by atoms with Crippen molar-refractivity contribution in [3.05, 3.63) is 18.2 Å². The van der Waals surface area contributed by atoms with E-state index in [9.17, 15) is 4.79 Å². The van der Waals surface area contributed by atoms with Gasteiger partial charge < -0.3 is 20.5 Å². The minimum atomic E-state index is -0.207. The molecule has 0 saturated carbocycles. The van der Waals surface area contributed by atoms with Gasteiger partial charge in [-0.2, -0.15) is 0 Å². The molecule has 17 heavy (non-hydrogen) atoms. The summed E-state index contributed by atoms with van der Waals surface area (Å²) in [5, 5.41) is 2.70. The van der Waals surface area contributed by atoms with Crippen LogP contribution in [0.15, 0.2) is 18.2 Å². The number of carbonyl (C=O) groups is 1. The summed E-state index contributed by atoms with van der Waals surface area (Å²) in [6.45, 7) is 2.61. The van der Waals surface area contributed by atoms with Crippen molar-refractivity contribution in [3.8, 4) is 5.75 Å². The second-order valence-electron chi connectivity index (χ2n) is 3.56. The van der Waals surface area contributed by atoms with E-state index in [2.05, 4.69) is 5.32 Å². The van der Waals surface area contributed by atoms with Gasteiger partial charge in [0.15, 0.2) is 0 Å². The van der Waals surface area contributed by atoms with Crippen molar-refractivity contribution in [3.63, 3.8) is 0 Å². The van der Waals surface area contributed by atoms with Crippen LogP contribution < -0.4 is 15.8 Å². The number of nitrogens with two attached hydrogens (primary N) is 1. The van der Waals surface area contributed by atoms with Crippen LogP contribution in [-0.4, -0.2) is 26.2 Å². The lowest BCUT2D eigenvalue weighted by atomic mass is 10.2. The fourth-order valence-electron chi connectivity index (χ4n) is 1.31. The number of hydrogen-bond acceptors (Lipinski definition) is 4. The molecule has 94 valence electrons. The second-order valence-corrected chi connectivity index (χ2v) is 3.56. The topological polar surface area (TPSA) is 73.6 Å². The largest absolute Gasteiger partial charge is 0.494 e. The predicted octanol–water partition coefficient (Wildman–Crippen LogP) is 1.64. The lowest BCUT2D eigenvalue weighted by Crippen LogP contribution is -2.19. The summed E-state index contributed by atoms with van der Waals surface area (Å²) in [5.74, 6) is 0.329. The summed E-state index contributed by atoms with van der Waals surface area (Å²) in [7, 11) is 1.53.